The van der Waals surface area contributed by atoms with Crippen LogP contribution in [0.25, 0.3) is 10.6 Å². The molecule has 2 nitrogen and oxygen atoms in total. The van der Waals surface area contributed by atoms with Crippen LogP contribution in [0, 0.1) is 0 Å². The van der Waals surface area contributed by atoms with Gasteiger partial charge in [0.2, 0.25) is 0 Å². The zero-order valence-corrected chi connectivity index (χ0v) is 8.04. The average molecular weight is 191 g/mol. The largest absolute Gasteiger partial charge is 0.350 e. The Morgan fingerprint density at radius 3 is 2.77 bits per heavy atom. The van der Waals surface area contributed by atoms with Crippen LogP contribution < -0.4 is 0 Å². The van der Waals surface area contributed by atoms with Crippen LogP contribution in [0.15, 0.2) is 30.5 Å². The van der Waals surface area contributed by atoms with Crippen LogP contribution in [0.5, 0.6) is 0 Å². The van der Waals surface area contributed by atoms with Gasteiger partial charge in [0.25, 0.3) is 0 Å². The van der Waals surface area contributed by atoms with E-state index in [1.165, 1.54) is 11.3 Å². The van der Waals surface area contributed by atoms with Crippen molar-refractivity contribution < 1.29 is 4.79 Å². The molecule has 0 amide bonds. The van der Waals surface area contributed by atoms with Gasteiger partial charge in [0.15, 0.2) is 6.29 Å². The molecule has 0 aliphatic rings. The van der Waals surface area contributed by atoms with Crippen molar-refractivity contribution in [3.8, 4) is 10.6 Å². The molecular weight excluding hydrogens is 182 g/mol. The van der Waals surface area contributed by atoms with Gasteiger partial charge in [0, 0.05) is 13.2 Å². The number of aromatic nitrogens is 1. The summed E-state index contributed by atoms with van der Waals surface area (Å²) in [5.74, 6) is 0. The molecule has 0 saturated carbocycles. The molecule has 0 bridgehead atoms. The molecule has 2 aromatic heterocycles. The standard InChI is InChI=1S/C10H9NOS/c1-11-6-2-3-9(11)10-5-4-8(7-12)13-10/h2-7H,1H3. The lowest BCUT2D eigenvalue weighted by Gasteiger charge is -1.97. The highest BCUT2D eigenvalue weighted by molar-refractivity contribution is 7.17. The summed E-state index contributed by atoms with van der Waals surface area (Å²) in [5.41, 5.74) is 1.15. The van der Waals surface area contributed by atoms with E-state index in [-0.39, 0.29) is 0 Å². The first-order valence-corrected chi connectivity index (χ1v) is 4.79. The molecule has 0 unspecified atom stereocenters. The van der Waals surface area contributed by atoms with Gasteiger partial charge in [-0.3, -0.25) is 4.79 Å². The van der Waals surface area contributed by atoms with Crippen molar-refractivity contribution in [1.29, 1.82) is 0 Å². The zero-order chi connectivity index (χ0) is 9.26. The molecule has 0 radical (unpaired) electrons. The van der Waals surface area contributed by atoms with Gasteiger partial charge in [-0.2, -0.15) is 0 Å². The van der Waals surface area contributed by atoms with E-state index in [4.69, 9.17) is 0 Å². The van der Waals surface area contributed by atoms with E-state index in [1.54, 1.807) is 0 Å². The second kappa shape index (κ2) is 3.18. The number of hydrogen-bond donors (Lipinski definition) is 0. The Kier molecular flexibility index (Phi) is 2.02. The maximum Gasteiger partial charge on any atom is 0.160 e. The van der Waals surface area contributed by atoms with Crippen molar-refractivity contribution in [1.82, 2.24) is 4.57 Å². The number of hydrogen-bond acceptors (Lipinski definition) is 2. The van der Waals surface area contributed by atoms with Crippen LogP contribution in [0.4, 0.5) is 0 Å². The Morgan fingerprint density at radius 1 is 1.38 bits per heavy atom. The first kappa shape index (κ1) is 8.26. The van der Waals surface area contributed by atoms with Gasteiger partial charge in [0.1, 0.15) is 0 Å². The molecule has 0 aliphatic heterocycles. The Labute approximate surface area is 80.4 Å². The minimum Gasteiger partial charge on any atom is -0.350 e. The Morgan fingerprint density at radius 2 is 2.23 bits per heavy atom. The number of carbonyl (C=O) groups is 1. The average Bonchev–Trinajstić information content (AvgIpc) is 2.71. The summed E-state index contributed by atoms with van der Waals surface area (Å²) in [6.45, 7) is 0. The fourth-order valence-corrected chi connectivity index (χ4v) is 2.16. The van der Waals surface area contributed by atoms with Crippen molar-refractivity contribution in [3.63, 3.8) is 0 Å². The molecule has 2 aromatic rings. The fraction of sp³-hybridized carbons (Fsp3) is 0.100. The van der Waals surface area contributed by atoms with Gasteiger partial charge in [-0.25, -0.2) is 0 Å². The van der Waals surface area contributed by atoms with E-state index >= 15 is 0 Å². The Hall–Kier alpha value is -1.35. The van der Waals surface area contributed by atoms with E-state index in [2.05, 4.69) is 0 Å². The number of thiophene rings is 1. The highest BCUT2D eigenvalue weighted by atomic mass is 32.1. The van der Waals surface area contributed by atoms with Crippen molar-refractivity contribution >= 4 is 17.6 Å². The van der Waals surface area contributed by atoms with Crippen LogP contribution >= 0.6 is 11.3 Å². The van der Waals surface area contributed by atoms with E-state index in [9.17, 15) is 4.79 Å². The third-order valence-electron chi connectivity index (χ3n) is 1.94. The highest BCUT2D eigenvalue weighted by Crippen LogP contribution is 2.26. The van der Waals surface area contributed by atoms with Gasteiger partial charge in [-0.15, -0.1) is 11.3 Å². The maximum atomic E-state index is 10.5. The molecule has 0 atom stereocenters. The minimum atomic E-state index is 0.774. The number of nitrogens with zero attached hydrogens (tertiary/aromatic N) is 1. The zero-order valence-electron chi connectivity index (χ0n) is 7.23. The third kappa shape index (κ3) is 1.42. The molecule has 2 heterocycles. The van der Waals surface area contributed by atoms with Crippen LogP contribution in [0.1, 0.15) is 9.67 Å². The maximum absolute atomic E-state index is 10.5. The summed E-state index contributed by atoms with van der Waals surface area (Å²) in [7, 11) is 2.00. The first-order chi connectivity index (χ1) is 6.31. The molecule has 0 fully saturated rings. The topological polar surface area (TPSA) is 22.0 Å². The van der Waals surface area contributed by atoms with E-state index in [0.717, 1.165) is 21.7 Å². The summed E-state index contributed by atoms with van der Waals surface area (Å²) in [4.78, 5) is 12.4. The number of carbonyl (C=O) groups excluding carboxylic acids is 1. The van der Waals surface area contributed by atoms with E-state index < -0.39 is 0 Å². The third-order valence-corrected chi connectivity index (χ3v) is 2.97. The van der Waals surface area contributed by atoms with Gasteiger partial charge in [-0.1, -0.05) is 0 Å². The fourth-order valence-electron chi connectivity index (χ4n) is 1.27. The summed E-state index contributed by atoms with van der Waals surface area (Å²) >= 11 is 1.52. The van der Waals surface area contributed by atoms with Crippen molar-refractivity contribution in [3.05, 3.63) is 35.3 Å². The second-order valence-corrected chi connectivity index (χ2v) is 3.94. The summed E-state index contributed by atoms with van der Waals surface area (Å²) in [5, 5.41) is 0. The molecule has 0 aliphatic carbocycles. The van der Waals surface area contributed by atoms with Crippen molar-refractivity contribution in [2.24, 2.45) is 7.05 Å². The van der Waals surface area contributed by atoms with Crippen LogP contribution in [0.2, 0.25) is 0 Å². The number of aryl methyl sites for hydroxylation is 1. The predicted octanol–water partition coefficient (Wildman–Crippen LogP) is 2.57. The molecule has 0 aromatic carbocycles. The highest BCUT2D eigenvalue weighted by Gasteiger charge is 2.03. The van der Waals surface area contributed by atoms with E-state index in [1.807, 2.05) is 42.1 Å². The molecule has 66 valence electrons. The lowest BCUT2D eigenvalue weighted by atomic mass is 10.3. The lowest BCUT2D eigenvalue weighted by Crippen LogP contribution is -1.85. The second-order valence-electron chi connectivity index (χ2n) is 2.82. The Bertz CT molecular complexity index is 428. The quantitative estimate of drug-likeness (QED) is 0.669. The monoisotopic (exact) mass is 191 g/mol. The Balaban J connectivity index is 2.46. The summed E-state index contributed by atoms with van der Waals surface area (Å²) in [6, 6.07) is 7.86. The van der Waals surface area contributed by atoms with Gasteiger partial charge < -0.3 is 4.57 Å². The molecule has 13 heavy (non-hydrogen) atoms. The SMILES string of the molecule is Cn1cccc1-c1ccc(C=O)s1. The van der Waals surface area contributed by atoms with Crippen LogP contribution in [-0.4, -0.2) is 10.9 Å². The molecule has 0 spiro atoms. The summed E-state index contributed by atoms with van der Waals surface area (Å²) < 4.78 is 2.04. The predicted molar refractivity (Wildman–Crippen MR) is 54.1 cm³/mol. The normalized spacial score (nSPS) is 10.2. The molecule has 3 heteroatoms. The van der Waals surface area contributed by atoms with Crippen LogP contribution in [-0.2, 0) is 7.05 Å². The molecule has 2 rings (SSSR count). The van der Waals surface area contributed by atoms with E-state index in [0.29, 0.717) is 0 Å². The van der Waals surface area contributed by atoms with Gasteiger partial charge >= 0.3 is 0 Å². The van der Waals surface area contributed by atoms with Crippen molar-refractivity contribution in [2.75, 3.05) is 0 Å². The lowest BCUT2D eigenvalue weighted by molar-refractivity contribution is 0.112. The summed E-state index contributed by atoms with van der Waals surface area (Å²) in [6.07, 6.45) is 2.88. The van der Waals surface area contributed by atoms with Crippen LogP contribution in [0.3, 0.4) is 0 Å². The molecular formula is C10H9NOS. The first-order valence-electron chi connectivity index (χ1n) is 3.98. The smallest absolute Gasteiger partial charge is 0.160 e. The van der Waals surface area contributed by atoms with Gasteiger partial charge in [0.05, 0.1) is 15.4 Å². The van der Waals surface area contributed by atoms with Crippen molar-refractivity contribution in [2.45, 2.75) is 0 Å². The molecule has 0 saturated heterocycles. The number of aldehydes is 1. The molecule has 0 N–H and O–H groups in total. The number of rotatable bonds is 2. The van der Waals surface area contributed by atoms with Gasteiger partial charge in [-0.05, 0) is 24.3 Å². The minimum absolute atomic E-state index is 0.774.